The Labute approximate surface area is 170 Å². The predicted octanol–water partition coefficient (Wildman–Crippen LogP) is 5.33. The number of benzene rings is 2. The van der Waals surface area contributed by atoms with Gasteiger partial charge in [0.15, 0.2) is 5.75 Å². The summed E-state index contributed by atoms with van der Waals surface area (Å²) in [6.07, 6.45) is 6.22. The molecule has 0 unspecified atom stereocenters. The average molecular weight is 404 g/mol. The summed E-state index contributed by atoms with van der Waals surface area (Å²) in [4.78, 5) is 12.6. The van der Waals surface area contributed by atoms with Crippen molar-refractivity contribution in [1.29, 1.82) is 0 Å². The predicted molar refractivity (Wildman–Crippen MR) is 111 cm³/mol. The zero-order chi connectivity index (χ0) is 19.8. The highest BCUT2D eigenvalue weighted by molar-refractivity contribution is 6.32. The molecule has 28 heavy (non-hydrogen) atoms. The van der Waals surface area contributed by atoms with Gasteiger partial charge in [-0.2, -0.15) is 0 Å². The van der Waals surface area contributed by atoms with E-state index in [2.05, 4.69) is 5.32 Å². The number of amides is 1. The van der Waals surface area contributed by atoms with E-state index < -0.39 is 0 Å². The lowest BCUT2D eigenvalue weighted by atomic mass is 9.98. The van der Waals surface area contributed by atoms with E-state index in [-0.39, 0.29) is 12.0 Å². The molecule has 0 aromatic heterocycles. The Balaban J connectivity index is 1.63. The fourth-order valence-corrected chi connectivity index (χ4v) is 3.46. The van der Waals surface area contributed by atoms with Crippen LogP contribution in [0.25, 0.3) is 0 Å². The van der Waals surface area contributed by atoms with Crippen molar-refractivity contribution in [3.8, 4) is 11.5 Å². The van der Waals surface area contributed by atoms with E-state index in [1.165, 1.54) is 19.3 Å². The summed E-state index contributed by atoms with van der Waals surface area (Å²) in [5, 5.41) is 3.30. The number of para-hydroxylation sites is 1. The van der Waals surface area contributed by atoms with Gasteiger partial charge in [-0.15, -0.1) is 0 Å². The highest BCUT2D eigenvalue weighted by atomic mass is 35.5. The summed E-state index contributed by atoms with van der Waals surface area (Å²) in [5.74, 6) is 1.00. The number of nitrogens with one attached hydrogen (secondary N) is 1. The summed E-state index contributed by atoms with van der Waals surface area (Å²) >= 11 is 6.22. The molecule has 0 aliphatic heterocycles. The Morgan fingerprint density at radius 1 is 1.07 bits per heavy atom. The molecule has 6 heteroatoms. The third-order valence-electron chi connectivity index (χ3n) is 4.72. The molecule has 3 rings (SSSR count). The number of carbonyl (C=O) groups is 1. The highest BCUT2D eigenvalue weighted by Crippen LogP contribution is 2.33. The van der Waals surface area contributed by atoms with E-state index in [1.807, 2.05) is 12.1 Å². The van der Waals surface area contributed by atoms with Gasteiger partial charge in [0, 0.05) is 12.7 Å². The standard InChI is InChI=1S/C22H26ClNO4/c1-26-14-15-27-21-19(23)8-5-9-20(21)24-22(25)16-10-12-18(13-11-16)28-17-6-3-2-4-7-17/h5,8-13,17H,2-4,6-7,14-15H2,1H3,(H,24,25). The maximum Gasteiger partial charge on any atom is 0.255 e. The third-order valence-corrected chi connectivity index (χ3v) is 5.02. The molecule has 1 N–H and O–H groups in total. The molecule has 0 radical (unpaired) electrons. The topological polar surface area (TPSA) is 56.8 Å². The average Bonchev–Trinajstić information content (AvgIpc) is 2.71. The second-order valence-electron chi connectivity index (χ2n) is 6.81. The summed E-state index contributed by atoms with van der Waals surface area (Å²) in [7, 11) is 1.60. The molecule has 1 aliphatic rings. The van der Waals surface area contributed by atoms with E-state index in [0.29, 0.717) is 35.2 Å². The minimum Gasteiger partial charge on any atom is -0.490 e. The van der Waals surface area contributed by atoms with Crippen LogP contribution in [0.3, 0.4) is 0 Å². The van der Waals surface area contributed by atoms with Crippen molar-refractivity contribution >= 4 is 23.2 Å². The van der Waals surface area contributed by atoms with Gasteiger partial charge < -0.3 is 19.5 Å². The van der Waals surface area contributed by atoms with Gasteiger partial charge in [0.25, 0.3) is 5.91 Å². The summed E-state index contributed by atoms with van der Waals surface area (Å²) in [6, 6.07) is 12.5. The molecule has 1 aliphatic carbocycles. The SMILES string of the molecule is COCCOc1c(Cl)cccc1NC(=O)c1ccc(OC2CCCCC2)cc1. The molecule has 150 valence electrons. The normalized spacial score (nSPS) is 14.5. The number of methoxy groups -OCH3 is 1. The Morgan fingerprint density at radius 3 is 2.54 bits per heavy atom. The smallest absolute Gasteiger partial charge is 0.255 e. The number of ether oxygens (including phenoxy) is 3. The van der Waals surface area contributed by atoms with Gasteiger partial charge in [0.2, 0.25) is 0 Å². The van der Waals surface area contributed by atoms with Crippen LogP contribution in [0.2, 0.25) is 5.02 Å². The van der Waals surface area contributed by atoms with Gasteiger partial charge >= 0.3 is 0 Å². The van der Waals surface area contributed by atoms with Gasteiger partial charge in [-0.3, -0.25) is 4.79 Å². The molecule has 0 bridgehead atoms. The molecule has 1 amide bonds. The fourth-order valence-electron chi connectivity index (χ4n) is 3.24. The van der Waals surface area contributed by atoms with Crippen LogP contribution < -0.4 is 14.8 Å². The summed E-state index contributed by atoms with van der Waals surface area (Å²) in [6.45, 7) is 0.775. The quantitative estimate of drug-likeness (QED) is 0.605. The lowest BCUT2D eigenvalue weighted by Crippen LogP contribution is -2.19. The van der Waals surface area contributed by atoms with Crippen LogP contribution in [0.4, 0.5) is 5.69 Å². The lowest BCUT2D eigenvalue weighted by Gasteiger charge is -2.23. The van der Waals surface area contributed by atoms with E-state index in [9.17, 15) is 4.79 Å². The molecule has 2 aromatic rings. The van der Waals surface area contributed by atoms with Gasteiger partial charge in [-0.25, -0.2) is 0 Å². The molecule has 0 spiro atoms. The van der Waals surface area contributed by atoms with Crippen LogP contribution >= 0.6 is 11.6 Å². The van der Waals surface area contributed by atoms with E-state index >= 15 is 0 Å². The number of hydrogen-bond acceptors (Lipinski definition) is 4. The molecule has 1 fully saturated rings. The Hall–Kier alpha value is -2.24. The largest absolute Gasteiger partial charge is 0.490 e. The number of carbonyl (C=O) groups excluding carboxylic acids is 1. The van der Waals surface area contributed by atoms with Crippen LogP contribution in [0.15, 0.2) is 42.5 Å². The Morgan fingerprint density at radius 2 is 1.82 bits per heavy atom. The van der Waals surface area contributed by atoms with Crippen molar-refractivity contribution in [2.45, 2.75) is 38.2 Å². The summed E-state index contributed by atoms with van der Waals surface area (Å²) in [5.41, 5.74) is 1.06. The van der Waals surface area contributed by atoms with E-state index in [4.69, 9.17) is 25.8 Å². The molecule has 0 atom stereocenters. The Bertz CT molecular complexity index is 773. The van der Waals surface area contributed by atoms with Crippen LogP contribution in [-0.4, -0.2) is 32.3 Å². The number of hydrogen-bond donors (Lipinski definition) is 1. The minimum absolute atomic E-state index is 0.233. The first-order valence-electron chi connectivity index (χ1n) is 9.65. The van der Waals surface area contributed by atoms with Gasteiger partial charge in [0.05, 0.1) is 23.4 Å². The third kappa shape index (κ3) is 5.63. The maximum atomic E-state index is 12.6. The van der Waals surface area contributed by atoms with E-state index in [1.54, 1.807) is 37.4 Å². The van der Waals surface area contributed by atoms with Crippen LogP contribution in [-0.2, 0) is 4.74 Å². The number of anilines is 1. The number of rotatable bonds is 8. The minimum atomic E-state index is -0.233. The fraction of sp³-hybridized carbons (Fsp3) is 0.409. The zero-order valence-electron chi connectivity index (χ0n) is 16.1. The van der Waals surface area contributed by atoms with Crippen LogP contribution in [0, 0.1) is 0 Å². The highest BCUT2D eigenvalue weighted by Gasteiger charge is 2.16. The molecule has 5 nitrogen and oxygen atoms in total. The Kier molecular flexibility index (Phi) is 7.57. The summed E-state index contributed by atoms with van der Waals surface area (Å²) < 4.78 is 16.7. The van der Waals surface area contributed by atoms with Gasteiger partial charge in [-0.1, -0.05) is 24.1 Å². The van der Waals surface area contributed by atoms with Crippen molar-refractivity contribution < 1.29 is 19.0 Å². The van der Waals surface area contributed by atoms with Crippen molar-refractivity contribution in [3.05, 3.63) is 53.1 Å². The first-order chi connectivity index (χ1) is 13.7. The monoisotopic (exact) mass is 403 g/mol. The molecule has 0 heterocycles. The number of halogens is 1. The molecule has 0 saturated heterocycles. The second-order valence-corrected chi connectivity index (χ2v) is 7.22. The second kappa shape index (κ2) is 10.3. The first kappa shape index (κ1) is 20.5. The molecular weight excluding hydrogens is 378 g/mol. The van der Waals surface area contributed by atoms with Crippen LogP contribution in [0.5, 0.6) is 11.5 Å². The van der Waals surface area contributed by atoms with E-state index in [0.717, 1.165) is 18.6 Å². The van der Waals surface area contributed by atoms with Crippen molar-refractivity contribution in [3.63, 3.8) is 0 Å². The molecule has 1 saturated carbocycles. The zero-order valence-corrected chi connectivity index (χ0v) is 16.8. The van der Waals surface area contributed by atoms with Crippen molar-refractivity contribution in [2.24, 2.45) is 0 Å². The lowest BCUT2D eigenvalue weighted by molar-refractivity contribution is 0.102. The molecular formula is C22H26ClNO4. The van der Waals surface area contributed by atoms with Gasteiger partial charge in [0.1, 0.15) is 12.4 Å². The van der Waals surface area contributed by atoms with Crippen molar-refractivity contribution in [1.82, 2.24) is 0 Å². The van der Waals surface area contributed by atoms with Gasteiger partial charge in [-0.05, 0) is 62.1 Å². The van der Waals surface area contributed by atoms with Crippen molar-refractivity contribution in [2.75, 3.05) is 25.6 Å². The maximum absolute atomic E-state index is 12.6. The molecule has 2 aromatic carbocycles. The van der Waals surface area contributed by atoms with Crippen LogP contribution in [0.1, 0.15) is 42.5 Å². The first-order valence-corrected chi connectivity index (χ1v) is 10.0.